The van der Waals surface area contributed by atoms with Crippen LogP contribution in [0.4, 0.5) is 0 Å². The van der Waals surface area contributed by atoms with Crippen LogP contribution in [-0.2, 0) is 6.54 Å². The Hall–Kier alpha value is -4.21. The number of aromatic hydroxyl groups is 2. The minimum atomic E-state index is -0.664. The molecule has 0 unspecified atom stereocenters. The second-order valence-corrected chi connectivity index (χ2v) is 6.20. The fourth-order valence-corrected chi connectivity index (χ4v) is 2.69. The van der Waals surface area contributed by atoms with Crippen LogP contribution in [0.25, 0.3) is 0 Å². The molecule has 10 nitrogen and oxygen atoms in total. The maximum absolute atomic E-state index is 12.6. The van der Waals surface area contributed by atoms with E-state index in [0.717, 1.165) is 17.7 Å². The van der Waals surface area contributed by atoms with Crippen molar-refractivity contribution in [1.29, 1.82) is 0 Å². The molecule has 1 aromatic heterocycles. The van der Waals surface area contributed by atoms with Crippen LogP contribution in [0.1, 0.15) is 28.5 Å². The molecule has 10 heteroatoms. The first kappa shape index (κ1) is 19.5. The summed E-state index contributed by atoms with van der Waals surface area (Å²) in [5, 5.41) is 48.0. The lowest BCUT2D eigenvalue weighted by atomic mass is 10.1. The highest BCUT2D eigenvalue weighted by atomic mass is 16.8. The molecule has 29 heavy (non-hydrogen) atoms. The highest BCUT2D eigenvalue weighted by Crippen LogP contribution is 2.22. The number of hydrogen-bond acceptors (Lipinski definition) is 6. The van der Waals surface area contributed by atoms with Gasteiger partial charge in [0, 0.05) is 11.6 Å². The van der Waals surface area contributed by atoms with Crippen molar-refractivity contribution in [3.05, 3.63) is 87.3 Å². The van der Waals surface area contributed by atoms with E-state index in [-0.39, 0.29) is 34.9 Å². The maximum Gasteiger partial charge on any atom is 0.301 e. The predicted octanol–water partition coefficient (Wildman–Crippen LogP) is 1.20. The van der Waals surface area contributed by atoms with Crippen molar-refractivity contribution in [2.24, 2.45) is 5.10 Å². The average molecular weight is 396 g/mol. The number of nitrogens with one attached hydrogen (secondary N) is 2. The number of phenols is 2. The zero-order valence-corrected chi connectivity index (χ0v) is 15.4. The van der Waals surface area contributed by atoms with Crippen LogP contribution in [0.3, 0.4) is 0 Å². The van der Waals surface area contributed by atoms with E-state index in [1.165, 1.54) is 16.8 Å². The Labute approximate surface area is 164 Å². The number of phenolic OH excluding ortho intramolecular Hbond substituents is 2. The summed E-state index contributed by atoms with van der Waals surface area (Å²) in [4.78, 5) is 12.0. The Balaban J connectivity index is 1.87. The lowest BCUT2D eigenvalue weighted by molar-refractivity contribution is 0.0944. The first-order valence-electron chi connectivity index (χ1n) is 8.53. The summed E-state index contributed by atoms with van der Waals surface area (Å²) >= 11 is 0. The summed E-state index contributed by atoms with van der Waals surface area (Å²) in [5.41, 5.74) is 3.47. The Kier molecular flexibility index (Phi) is 5.54. The second kappa shape index (κ2) is 8.21. The standard InChI is InChI=1S/C19H18N5O5/c1-12(15-8-7-14(25)9-17(15)26)20-21-19(27)16-10-18(24(28)29)22-23(16)11-13-5-3-2-4-6-13/h2-10,22H,11H2,1H3,(H3-,20,21,25,26,27,28,29)/q-1. The van der Waals surface area contributed by atoms with E-state index in [9.17, 15) is 25.4 Å². The van der Waals surface area contributed by atoms with Crippen LogP contribution in [0.15, 0.2) is 59.7 Å². The highest BCUT2D eigenvalue weighted by Gasteiger charge is 2.17. The van der Waals surface area contributed by atoms with Crippen LogP contribution >= 0.6 is 0 Å². The number of amides is 1. The zero-order valence-electron chi connectivity index (χ0n) is 15.4. The van der Waals surface area contributed by atoms with E-state index in [2.05, 4.69) is 15.6 Å². The van der Waals surface area contributed by atoms with Gasteiger partial charge in [-0.25, -0.2) is 10.1 Å². The van der Waals surface area contributed by atoms with Gasteiger partial charge in [0.1, 0.15) is 11.5 Å². The first-order valence-corrected chi connectivity index (χ1v) is 8.53. The second-order valence-electron chi connectivity index (χ2n) is 6.20. The predicted molar refractivity (Wildman–Crippen MR) is 106 cm³/mol. The van der Waals surface area contributed by atoms with Gasteiger partial charge >= 0.3 is 5.49 Å². The molecule has 0 aliphatic rings. The summed E-state index contributed by atoms with van der Waals surface area (Å²) in [6.07, 6.45) is 0. The number of rotatable bonds is 5. The van der Waals surface area contributed by atoms with E-state index < -0.39 is 10.8 Å². The molecule has 0 saturated carbocycles. The Morgan fingerprint density at radius 2 is 1.90 bits per heavy atom. The first-order chi connectivity index (χ1) is 13.8. The fourth-order valence-electron chi connectivity index (χ4n) is 2.69. The van der Waals surface area contributed by atoms with Crippen LogP contribution in [0, 0.1) is 10.4 Å². The number of nitrogens with zero attached hydrogens (tertiary/aromatic N) is 3. The van der Waals surface area contributed by atoms with Gasteiger partial charge in [0.15, 0.2) is 5.69 Å². The van der Waals surface area contributed by atoms with Crippen molar-refractivity contribution >= 4 is 11.6 Å². The summed E-state index contributed by atoms with van der Waals surface area (Å²) in [6.45, 7) is 1.78. The van der Waals surface area contributed by atoms with Gasteiger partial charge in [-0.1, -0.05) is 30.3 Å². The number of carbonyl (C=O) groups excluding carboxylic acids is 1. The molecule has 3 rings (SSSR count). The van der Waals surface area contributed by atoms with E-state index in [4.69, 9.17) is 0 Å². The van der Waals surface area contributed by atoms with Crippen molar-refractivity contribution in [3.63, 3.8) is 0 Å². The summed E-state index contributed by atoms with van der Waals surface area (Å²) in [7, 11) is 0. The summed E-state index contributed by atoms with van der Waals surface area (Å²) < 4.78 is 1.35. The molecule has 3 aromatic rings. The van der Waals surface area contributed by atoms with E-state index in [1.807, 2.05) is 30.3 Å². The summed E-state index contributed by atoms with van der Waals surface area (Å²) in [6, 6.07) is 14.3. The van der Waals surface area contributed by atoms with Gasteiger partial charge in [-0.05, 0) is 24.6 Å². The molecule has 0 saturated heterocycles. The molecule has 0 aliphatic heterocycles. The van der Waals surface area contributed by atoms with Gasteiger partial charge in [-0.2, -0.15) is 10.2 Å². The average Bonchev–Trinajstić information content (AvgIpc) is 3.11. The minimum absolute atomic E-state index is 0.0204. The lowest BCUT2D eigenvalue weighted by Crippen LogP contribution is -2.23. The molecule has 0 fully saturated rings. The normalized spacial score (nSPS) is 11.3. The monoisotopic (exact) mass is 396 g/mol. The number of benzene rings is 2. The van der Waals surface area contributed by atoms with Gasteiger partial charge < -0.3 is 20.6 Å². The van der Waals surface area contributed by atoms with Gasteiger partial charge in [-0.3, -0.25) is 9.70 Å². The van der Waals surface area contributed by atoms with Crippen molar-refractivity contribution in [2.45, 2.75) is 13.5 Å². The van der Waals surface area contributed by atoms with Gasteiger partial charge in [0.2, 0.25) is 0 Å². The molecule has 0 atom stereocenters. The van der Waals surface area contributed by atoms with Gasteiger partial charge in [0.25, 0.3) is 5.91 Å². The van der Waals surface area contributed by atoms with Gasteiger partial charge in [-0.15, -0.1) is 0 Å². The molecule has 0 spiro atoms. The van der Waals surface area contributed by atoms with Crippen LogP contribution < -0.4 is 15.8 Å². The third-order valence-corrected chi connectivity index (χ3v) is 4.12. The van der Waals surface area contributed by atoms with Crippen LogP contribution in [-0.4, -0.2) is 31.6 Å². The molecule has 2 aromatic carbocycles. The number of aromatic amines is 1. The number of aromatic nitrogens is 2. The number of H-pyrrole nitrogens is 1. The Morgan fingerprint density at radius 1 is 1.17 bits per heavy atom. The fraction of sp³-hybridized carbons (Fsp3) is 0.105. The minimum Gasteiger partial charge on any atom is -0.712 e. The SMILES string of the molecule is C/C(=N\NC(=O)c1cc(=[N+]([O-])[O-])[nH]n1Cc1ccccc1)c1ccc(O)cc1O. The van der Waals surface area contributed by atoms with Crippen molar-refractivity contribution in [2.75, 3.05) is 0 Å². The van der Waals surface area contributed by atoms with Crippen LogP contribution in [0.5, 0.6) is 11.5 Å². The third-order valence-electron chi connectivity index (χ3n) is 4.12. The lowest BCUT2D eigenvalue weighted by Gasteiger charge is -2.07. The molecule has 4 N–H and O–H groups in total. The molecule has 0 bridgehead atoms. The topological polar surface area (TPSA) is 152 Å². The number of hydrazone groups is 1. The molecular formula is C19H18N5O5-. The van der Waals surface area contributed by atoms with E-state index in [1.54, 1.807) is 6.92 Å². The van der Waals surface area contributed by atoms with Crippen molar-refractivity contribution in [3.8, 4) is 11.5 Å². The Morgan fingerprint density at radius 3 is 2.55 bits per heavy atom. The molecule has 150 valence electrons. The van der Waals surface area contributed by atoms with Crippen molar-refractivity contribution < 1.29 is 15.0 Å². The number of hydrogen-bond donors (Lipinski definition) is 4. The number of carbonyl (C=O) groups is 1. The Bertz CT molecular complexity index is 1130. The quantitative estimate of drug-likeness (QED) is 0.377. The zero-order chi connectivity index (χ0) is 21.0. The highest BCUT2D eigenvalue weighted by molar-refractivity contribution is 6.02. The molecule has 0 radical (unpaired) electrons. The third kappa shape index (κ3) is 4.56. The maximum atomic E-state index is 12.6. The van der Waals surface area contributed by atoms with E-state index >= 15 is 0 Å². The smallest absolute Gasteiger partial charge is 0.301 e. The molecule has 0 aliphatic carbocycles. The van der Waals surface area contributed by atoms with E-state index in [0.29, 0.717) is 5.56 Å². The molecule has 1 heterocycles. The van der Waals surface area contributed by atoms with Crippen LogP contribution in [0.2, 0.25) is 0 Å². The summed E-state index contributed by atoms with van der Waals surface area (Å²) in [5.74, 6) is -0.968. The van der Waals surface area contributed by atoms with Gasteiger partial charge in [0.05, 0.1) is 18.3 Å². The molecule has 1 amide bonds. The van der Waals surface area contributed by atoms with Crippen molar-refractivity contribution in [1.82, 2.24) is 20.1 Å². The molecular weight excluding hydrogens is 378 g/mol. The largest absolute Gasteiger partial charge is 0.712 e.